The van der Waals surface area contributed by atoms with E-state index in [0.717, 1.165) is 43.8 Å². The first-order chi connectivity index (χ1) is 10.2. The van der Waals surface area contributed by atoms with Gasteiger partial charge in [0.25, 0.3) is 0 Å². The second-order valence-electron chi connectivity index (χ2n) is 5.49. The summed E-state index contributed by atoms with van der Waals surface area (Å²) in [5.41, 5.74) is 1.05. The zero-order valence-electron chi connectivity index (χ0n) is 13.5. The van der Waals surface area contributed by atoms with Gasteiger partial charge >= 0.3 is 0 Å². The fraction of sp³-hybridized carbons (Fsp3) is 0.588. The Morgan fingerprint density at radius 2 is 2.05 bits per heavy atom. The lowest BCUT2D eigenvalue weighted by Gasteiger charge is -2.28. The van der Waals surface area contributed by atoms with E-state index in [1.54, 1.807) is 0 Å². The lowest BCUT2D eigenvalue weighted by Crippen LogP contribution is -2.42. The van der Waals surface area contributed by atoms with E-state index in [2.05, 4.69) is 17.1 Å². The molecule has 0 bridgehead atoms. The van der Waals surface area contributed by atoms with Crippen LogP contribution in [-0.2, 0) is 11.2 Å². The van der Waals surface area contributed by atoms with Crippen LogP contribution in [0.3, 0.4) is 0 Å². The minimum Gasteiger partial charge on any atom is -0.494 e. The summed E-state index contributed by atoms with van der Waals surface area (Å²) < 4.78 is 5.43. The van der Waals surface area contributed by atoms with E-state index in [4.69, 9.17) is 4.74 Å². The Hall–Kier alpha value is -1.26. The summed E-state index contributed by atoms with van der Waals surface area (Å²) >= 11 is 0. The summed E-state index contributed by atoms with van der Waals surface area (Å²) in [4.78, 5) is 14.6. The van der Waals surface area contributed by atoms with Crippen molar-refractivity contribution in [2.24, 2.45) is 0 Å². The van der Waals surface area contributed by atoms with Crippen molar-refractivity contribution in [2.45, 2.75) is 39.2 Å². The lowest BCUT2D eigenvalue weighted by atomic mass is 10.1. The molecule has 1 amide bonds. The number of carbonyl (C=O) groups is 1. The molecular formula is C17H27ClN2O2. The monoisotopic (exact) mass is 326 g/mol. The van der Waals surface area contributed by atoms with Crippen LogP contribution >= 0.6 is 12.4 Å². The largest absolute Gasteiger partial charge is 0.494 e. The third-order valence-corrected chi connectivity index (χ3v) is 3.85. The number of carbonyl (C=O) groups excluding carboxylic acids is 1. The third kappa shape index (κ3) is 5.18. The molecule has 1 aromatic carbocycles. The maximum atomic E-state index is 12.6. The first-order valence-electron chi connectivity index (χ1n) is 7.96. The van der Waals surface area contributed by atoms with E-state index in [9.17, 15) is 4.79 Å². The van der Waals surface area contributed by atoms with Gasteiger partial charge in [-0.05, 0) is 44.0 Å². The molecular weight excluding hydrogens is 300 g/mol. The van der Waals surface area contributed by atoms with E-state index in [-0.39, 0.29) is 18.3 Å². The number of halogens is 1. The lowest BCUT2D eigenvalue weighted by molar-refractivity contribution is -0.132. The standard InChI is InChI=1S/C17H26N2O2.ClH/c1-3-11-19(15-9-10-18-13-15)17(20)12-14-5-7-16(8-6-14)21-4-2;/h5-8,15,18H,3-4,9-13H2,1-2H3;1H. The number of nitrogens with zero attached hydrogens (tertiary/aromatic N) is 1. The summed E-state index contributed by atoms with van der Waals surface area (Å²) in [5, 5.41) is 3.34. The predicted molar refractivity (Wildman–Crippen MR) is 91.8 cm³/mol. The molecule has 0 spiro atoms. The Bertz CT molecular complexity index is 444. The van der Waals surface area contributed by atoms with Gasteiger partial charge in [0.15, 0.2) is 0 Å². The van der Waals surface area contributed by atoms with Crippen LogP contribution in [-0.4, -0.2) is 43.1 Å². The SMILES string of the molecule is CCCN(C(=O)Cc1ccc(OCC)cc1)C1CCNC1.Cl. The molecule has 22 heavy (non-hydrogen) atoms. The maximum absolute atomic E-state index is 12.6. The predicted octanol–water partition coefficient (Wildman–Crippen LogP) is 2.65. The smallest absolute Gasteiger partial charge is 0.227 e. The summed E-state index contributed by atoms with van der Waals surface area (Å²) in [7, 11) is 0. The van der Waals surface area contributed by atoms with Crippen molar-refractivity contribution in [3.63, 3.8) is 0 Å². The van der Waals surface area contributed by atoms with Crippen LogP contribution in [0.4, 0.5) is 0 Å². The van der Waals surface area contributed by atoms with E-state index in [1.165, 1.54) is 0 Å². The number of nitrogens with one attached hydrogen (secondary N) is 1. The van der Waals surface area contributed by atoms with Crippen LogP contribution in [0, 0.1) is 0 Å². The molecule has 1 aliphatic rings. The summed E-state index contributed by atoms with van der Waals surface area (Å²) in [5.74, 6) is 1.09. The number of ether oxygens (including phenoxy) is 1. The van der Waals surface area contributed by atoms with Crippen molar-refractivity contribution in [3.05, 3.63) is 29.8 Å². The Morgan fingerprint density at radius 1 is 1.32 bits per heavy atom. The highest BCUT2D eigenvalue weighted by Gasteiger charge is 2.25. The molecule has 1 N–H and O–H groups in total. The van der Waals surface area contributed by atoms with E-state index in [1.807, 2.05) is 31.2 Å². The van der Waals surface area contributed by atoms with E-state index < -0.39 is 0 Å². The zero-order chi connectivity index (χ0) is 15.1. The van der Waals surface area contributed by atoms with Crippen molar-refractivity contribution in [1.82, 2.24) is 10.2 Å². The Balaban J connectivity index is 0.00000242. The zero-order valence-corrected chi connectivity index (χ0v) is 14.3. The average Bonchev–Trinajstić information content (AvgIpc) is 3.01. The molecule has 0 aliphatic carbocycles. The fourth-order valence-corrected chi connectivity index (χ4v) is 2.80. The van der Waals surface area contributed by atoms with Crippen molar-refractivity contribution in [1.29, 1.82) is 0 Å². The fourth-order valence-electron chi connectivity index (χ4n) is 2.80. The highest BCUT2D eigenvalue weighted by molar-refractivity contribution is 5.85. The molecule has 1 atom stereocenters. The highest BCUT2D eigenvalue weighted by atomic mass is 35.5. The van der Waals surface area contributed by atoms with Crippen LogP contribution in [0.1, 0.15) is 32.3 Å². The molecule has 2 rings (SSSR count). The molecule has 1 heterocycles. The molecule has 0 radical (unpaired) electrons. The van der Waals surface area contributed by atoms with Gasteiger partial charge in [0, 0.05) is 19.1 Å². The second-order valence-corrected chi connectivity index (χ2v) is 5.49. The molecule has 1 saturated heterocycles. The number of benzene rings is 1. The van der Waals surface area contributed by atoms with Gasteiger partial charge < -0.3 is 15.0 Å². The number of hydrogen-bond acceptors (Lipinski definition) is 3. The van der Waals surface area contributed by atoms with Gasteiger partial charge in [-0.3, -0.25) is 4.79 Å². The first-order valence-corrected chi connectivity index (χ1v) is 7.96. The van der Waals surface area contributed by atoms with E-state index >= 15 is 0 Å². The number of rotatable bonds is 7. The van der Waals surface area contributed by atoms with Gasteiger partial charge in [-0.1, -0.05) is 19.1 Å². The van der Waals surface area contributed by atoms with Crippen molar-refractivity contribution in [3.8, 4) is 5.75 Å². The summed E-state index contributed by atoms with van der Waals surface area (Å²) in [6.45, 7) is 7.55. The minimum absolute atomic E-state index is 0. The molecule has 1 aromatic rings. The van der Waals surface area contributed by atoms with Gasteiger partial charge in [0.2, 0.25) is 5.91 Å². The number of hydrogen-bond donors (Lipinski definition) is 1. The number of amides is 1. The summed E-state index contributed by atoms with van der Waals surface area (Å²) in [6, 6.07) is 8.21. The van der Waals surface area contributed by atoms with Crippen LogP contribution in [0.2, 0.25) is 0 Å². The Labute approximate surface area is 139 Å². The van der Waals surface area contributed by atoms with Crippen molar-refractivity contribution in [2.75, 3.05) is 26.2 Å². The van der Waals surface area contributed by atoms with Gasteiger partial charge in [0.05, 0.1) is 13.0 Å². The molecule has 0 saturated carbocycles. The minimum atomic E-state index is 0. The molecule has 5 heteroatoms. The van der Waals surface area contributed by atoms with Crippen LogP contribution < -0.4 is 10.1 Å². The quantitative estimate of drug-likeness (QED) is 0.837. The molecule has 1 aliphatic heterocycles. The van der Waals surface area contributed by atoms with E-state index in [0.29, 0.717) is 19.1 Å². The molecule has 124 valence electrons. The van der Waals surface area contributed by atoms with Crippen LogP contribution in [0.25, 0.3) is 0 Å². The van der Waals surface area contributed by atoms with Crippen LogP contribution in [0.5, 0.6) is 5.75 Å². The van der Waals surface area contributed by atoms with Crippen molar-refractivity contribution >= 4 is 18.3 Å². The van der Waals surface area contributed by atoms with Crippen molar-refractivity contribution < 1.29 is 9.53 Å². The average molecular weight is 327 g/mol. The van der Waals surface area contributed by atoms with Gasteiger partial charge in [0.1, 0.15) is 5.75 Å². The van der Waals surface area contributed by atoms with Crippen LogP contribution in [0.15, 0.2) is 24.3 Å². The third-order valence-electron chi connectivity index (χ3n) is 3.85. The second kappa shape index (κ2) is 9.70. The van der Waals surface area contributed by atoms with Gasteiger partial charge in [-0.25, -0.2) is 0 Å². The van der Waals surface area contributed by atoms with Gasteiger partial charge in [-0.15, -0.1) is 12.4 Å². The maximum Gasteiger partial charge on any atom is 0.227 e. The first kappa shape index (κ1) is 18.8. The normalized spacial score (nSPS) is 16.9. The highest BCUT2D eigenvalue weighted by Crippen LogP contribution is 2.15. The topological polar surface area (TPSA) is 41.6 Å². The molecule has 4 nitrogen and oxygen atoms in total. The van der Waals surface area contributed by atoms with Gasteiger partial charge in [-0.2, -0.15) is 0 Å². The molecule has 0 aromatic heterocycles. The molecule has 1 fully saturated rings. The molecule has 1 unspecified atom stereocenters. The Morgan fingerprint density at radius 3 is 2.59 bits per heavy atom. The Kier molecular flexibility index (Phi) is 8.28. The summed E-state index contributed by atoms with van der Waals surface area (Å²) in [6.07, 6.45) is 2.55.